The number of hydrogen-bond donors (Lipinski definition) is 8. The second kappa shape index (κ2) is 16.7. The second-order valence-corrected chi connectivity index (χ2v) is 12.7. The number of nitrogens with one attached hydrogen (secondary N) is 5. The zero-order valence-corrected chi connectivity index (χ0v) is 29.0. The van der Waals surface area contributed by atoms with Crippen molar-refractivity contribution < 1.29 is 29.6 Å². The number of aliphatic hydroxyl groups is 3. The lowest BCUT2D eigenvalue weighted by Gasteiger charge is -2.16. The Morgan fingerprint density at radius 3 is 2.08 bits per heavy atom. The maximum atomic E-state index is 12.8. The number of ether oxygens (including phenoxy) is 1. The number of rotatable bonds is 13. The molecule has 1 saturated heterocycles. The van der Waals surface area contributed by atoms with Crippen LogP contribution in [-0.4, -0.2) is 89.8 Å². The Kier molecular flexibility index (Phi) is 11.6. The summed E-state index contributed by atoms with van der Waals surface area (Å²) in [6.07, 6.45) is -1.31. The summed E-state index contributed by atoms with van der Waals surface area (Å²) < 4.78 is 7.11. The van der Waals surface area contributed by atoms with Gasteiger partial charge < -0.3 is 46.6 Å². The lowest BCUT2D eigenvalue weighted by atomic mass is 10.1. The molecular weight excluding hydrogens is 687 g/mol. The number of carbonyl (C=O) groups is 2. The fourth-order valence-corrected chi connectivity index (χ4v) is 5.84. The molecule has 0 saturated carbocycles. The Balaban J connectivity index is 0.935. The minimum Gasteiger partial charge on any atom is -0.394 e. The molecule has 2 amide bonds. The van der Waals surface area contributed by atoms with E-state index >= 15 is 0 Å². The van der Waals surface area contributed by atoms with E-state index in [1.165, 1.54) is 17.2 Å². The van der Waals surface area contributed by atoms with Crippen molar-refractivity contribution in [2.24, 2.45) is 0 Å². The van der Waals surface area contributed by atoms with Crippen LogP contribution in [0.2, 0.25) is 0 Å². The van der Waals surface area contributed by atoms with E-state index in [1.54, 1.807) is 24.3 Å². The molecular formula is C36H39N9O6S. The maximum Gasteiger partial charge on any atom is 0.228 e. The number of fused-ring (bicyclic) bond motifs is 1. The van der Waals surface area contributed by atoms with E-state index in [9.17, 15) is 24.9 Å². The zero-order valence-electron chi connectivity index (χ0n) is 28.2. The van der Waals surface area contributed by atoms with Gasteiger partial charge in [-0.1, -0.05) is 42.0 Å². The normalized spacial score (nSPS) is 18.2. The molecule has 0 aliphatic carbocycles. The zero-order chi connectivity index (χ0) is 36.6. The highest BCUT2D eigenvalue weighted by Crippen LogP contribution is 2.32. The van der Waals surface area contributed by atoms with Gasteiger partial charge in [0.2, 0.25) is 11.8 Å². The predicted molar refractivity (Wildman–Crippen MR) is 199 cm³/mol. The van der Waals surface area contributed by atoms with Gasteiger partial charge in [0.05, 0.1) is 25.8 Å². The largest absolute Gasteiger partial charge is 0.394 e. The summed E-state index contributed by atoms with van der Waals surface area (Å²) >= 11 is 5.30. The summed E-state index contributed by atoms with van der Waals surface area (Å²) in [5.41, 5.74) is 5.76. The van der Waals surface area contributed by atoms with Crippen molar-refractivity contribution >= 4 is 63.2 Å². The number of anilines is 4. The third kappa shape index (κ3) is 9.03. The Bertz CT molecular complexity index is 2010. The smallest absolute Gasteiger partial charge is 0.228 e. The van der Waals surface area contributed by atoms with Crippen molar-refractivity contribution in [1.82, 2.24) is 30.2 Å². The summed E-state index contributed by atoms with van der Waals surface area (Å²) in [6.45, 7) is 2.47. The molecule has 270 valence electrons. The summed E-state index contributed by atoms with van der Waals surface area (Å²) in [4.78, 5) is 38.1. The first-order valence-corrected chi connectivity index (χ1v) is 17.0. The molecule has 2 aromatic heterocycles. The molecule has 16 heteroatoms. The molecule has 15 nitrogen and oxygen atoms in total. The number of amides is 2. The molecule has 0 unspecified atom stereocenters. The maximum absolute atomic E-state index is 12.8. The SMILES string of the molecule is Cc1ccc(NC(=S)NCCNC(=O)Cc2ccc(NC(=O)Cc3ccc(Nc4ncnc5c4ncn5[C@@H]4O[C@H](CO)[C@@H](O)[C@H]4O)cc3)cc2)cc1. The summed E-state index contributed by atoms with van der Waals surface area (Å²) in [5, 5.41) is 45.6. The molecule has 3 aromatic carbocycles. The highest BCUT2D eigenvalue weighted by molar-refractivity contribution is 7.80. The molecule has 1 aliphatic rings. The molecule has 1 fully saturated rings. The first-order valence-electron chi connectivity index (χ1n) is 16.6. The average Bonchev–Trinajstić information content (AvgIpc) is 3.69. The number of aryl methyl sites for hydroxylation is 1. The lowest BCUT2D eigenvalue weighted by Crippen LogP contribution is -2.37. The predicted octanol–water partition coefficient (Wildman–Crippen LogP) is 2.32. The van der Waals surface area contributed by atoms with E-state index in [4.69, 9.17) is 17.0 Å². The van der Waals surface area contributed by atoms with Gasteiger partial charge in [0.1, 0.15) is 24.6 Å². The van der Waals surface area contributed by atoms with Crippen LogP contribution in [0.5, 0.6) is 0 Å². The molecule has 0 radical (unpaired) electrons. The number of aromatic nitrogens is 4. The molecule has 8 N–H and O–H groups in total. The molecule has 3 heterocycles. The average molecular weight is 726 g/mol. The third-order valence-electron chi connectivity index (χ3n) is 8.38. The van der Waals surface area contributed by atoms with Crippen LogP contribution >= 0.6 is 12.2 Å². The van der Waals surface area contributed by atoms with E-state index in [0.717, 1.165) is 22.4 Å². The fourth-order valence-electron chi connectivity index (χ4n) is 5.62. The van der Waals surface area contributed by atoms with Gasteiger partial charge in [-0.05, 0) is 66.7 Å². The van der Waals surface area contributed by atoms with Gasteiger partial charge in [0.15, 0.2) is 28.3 Å². The number of hydrogen-bond acceptors (Lipinski definition) is 11. The topological polar surface area (TPSA) is 208 Å². The summed E-state index contributed by atoms with van der Waals surface area (Å²) in [7, 11) is 0. The van der Waals surface area contributed by atoms with Crippen LogP contribution in [0.3, 0.4) is 0 Å². The quantitative estimate of drug-likeness (QED) is 0.0649. The highest BCUT2D eigenvalue weighted by atomic mass is 32.1. The Hall–Kier alpha value is -5.52. The minimum atomic E-state index is -1.28. The van der Waals surface area contributed by atoms with E-state index < -0.39 is 31.1 Å². The second-order valence-electron chi connectivity index (χ2n) is 12.3. The van der Waals surface area contributed by atoms with Crippen molar-refractivity contribution in [2.45, 2.75) is 44.3 Å². The van der Waals surface area contributed by atoms with Crippen molar-refractivity contribution in [3.8, 4) is 0 Å². The van der Waals surface area contributed by atoms with Crippen molar-refractivity contribution in [2.75, 3.05) is 35.6 Å². The van der Waals surface area contributed by atoms with Gasteiger partial charge in [-0.25, -0.2) is 15.0 Å². The van der Waals surface area contributed by atoms with Crippen LogP contribution in [0.4, 0.5) is 22.9 Å². The van der Waals surface area contributed by atoms with E-state index in [0.29, 0.717) is 46.6 Å². The van der Waals surface area contributed by atoms with Crippen molar-refractivity contribution in [3.63, 3.8) is 0 Å². The van der Waals surface area contributed by atoms with Gasteiger partial charge in [0.25, 0.3) is 0 Å². The van der Waals surface area contributed by atoms with Gasteiger partial charge in [-0.2, -0.15) is 0 Å². The highest BCUT2D eigenvalue weighted by Gasteiger charge is 2.44. The van der Waals surface area contributed by atoms with Crippen LogP contribution in [-0.2, 0) is 27.2 Å². The number of nitrogens with zero attached hydrogens (tertiary/aromatic N) is 4. The number of carbonyl (C=O) groups excluding carboxylic acids is 2. The first kappa shape index (κ1) is 36.3. The van der Waals surface area contributed by atoms with Crippen LogP contribution in [0.25, 0.3) is 11.2 Å². The Morgan fingerprint density at radius 2 is 1.40 bits per heavy atom. The number of benzene rings is 3. The minimum absolute atomic E-state index is 0.121. The van der Waals surface area contributed by atoms with E-state index in [2.05, 4.69) is 41.5 Å². The van der Waals surface area contributed by atoms with Gasteiger partial charge in [0, 0.05) is 30.2 Å². The summed E-state index contributed by atoms with van der Waals surface area (Å²) in [6, 6.07) is 22.3. The molecule has 52 heavy (non-hydrogen) atoms. The molecule has 4 atom stereocenters. The van der Waals surface area contributed by atoms with Crippen LogP contribution in [0, 0.1) is 6.92 Å². The Labute approximate surface area is 304 Å². The molecule has 1 aliphatic heterocycles. The first-order chi connectivity index (χ1) is 25.2. The van der Waals surface area contributed by atoms with Gasteiger partial charge in [-0.15, -0.1) is 0 Å². The molecule has 0 bridgehead atoms. The number of thiocarbonyl (C=S) groups is 1. The van der Waals surface area contributed by atoms with Crippen LogP contribution in [0.15, 0.2) is 85.5 Å². The number of imidazole rings is 1. The monoisotopic (exact) mass is 725 g/mol. The standard InChI is InChI=1S/C36H39N9O6S/c1-21-2-8-26(9-3-21)44-36(52)38-15-14-37-28(47)16-22-4-10-24(11-5-22)42-29(48)17-23-6-12-25(13-7-23)43-33-30-34(40-19-39-33)45(20-41-30)35-32(50)31(49)27(18-46)51-35/h2-13,19-20,27,31-32,35,46,49-50H,14-18H2,1H3,(H,37,47)(H,42,48)(H2,38,44,52)(H,39,40,43)/t27-,31-,32-,35-/m1/s1. The fraction of sp³-hybridized carbons (Fsp3) is 0.278. The van der Waals surface area contributed by atoms with Gasteiger partial charge >= 0.3 is 0 Å². The molecule has 0 spiro atoms. The number of aliphatic hydroxyl groups excluding tert-OH is 3. The molecule has 6 rings (SSSR count). The van der Waals surface area contributed by atoms with Crippen molar-refractivity contribution in [1.29, 1.82) is 0 Å². The Morgan fingerprint density at radius 1 is 0.788 bits per heavy atom. The van der Waals surface area contributed by atoms with Gasteiger partial charge in [-0.3, -0.25) is 14.2 Å². The third-order valence-corrected chi connectivity index (χ3v) is 8.62. The van der Waals surface area contributed by atoms with Crippen LogP contribution < -0.4 is 26.6 Å². The lowest BCUT2D eigenvalue weighted by molar-refractivity contribution is -0.120. The summed E-state index contributed by atoms with van der Waals surface area (Å²) in [5.74, 6) is 0.0935. The van der Waals surface area contributed by atoms with Crippen molar-refractivity contribution in [3.05, 3.63) is 102 Å². The van der Waals surface area contributed by atoms with Crippen LogP contribution in [0.1, 0.15) is 22.9 Å². The van der Waals surface area contributed by atoms with E-state index in [1.807, 2.05) is 55.5 Å². The molecule has 5 aromatic rings. The van der Waals surface area contributed by atoms with E-state index in [-0.39, 0.29) is 24.7 Å².